The average Bonchev–Trinajstić information content (AvgIpc) is 2.36. The summed E-state index contributed by atoms with van der Waals surface area (Å²) < 4.78 is 0. The maximum absolute atomic E-state index is 12.0. The number of carbonyl (C=O) groups excluding carboxylic acids is 2. The lowest BCUT2D eigenvalue weighted by molar-refractivity contribution is -0.152. The molecule has 0 aromatic heterocycles. The summed E-state index contributed by atoms with van der Waals surface area (Å²) in [5.41, 5.74) is 0.564. The van der Waals surface area contributed by atoms with Gasteiger partial charge in [0.1, 0.15) is 0 Å². The molecule has 1 aromatic carbocycles. The van der Waals surface area contributed by atoms with E-state index in [1.54, 1.807) is 18.2 Å². The van der Waals surface area contributed by atoms with Crippen LogP contribution in [-0.4, -0.2) is 34.3 Å². The Morgan fingerprint density at radius 3 is 2.33 bits per heavy atom. The summed E-state index contributed by atoms with van der Waals surface area (Å²) in [6, 6.07) is 6.66. The summed E-state index contributed by atoms with van der Waals surface area (Å²) in [6.07, 6.45) is 1.05. The number of carbonyl (C=O) groups is 3. The van der Waals surface area contributed by atoms with Crippen molar-refractivity contribution in [2.45, 2.75) is 33.1 Å². The van der Waals surface area contributed by atoms with Crippen LogP contribution >= 0.6 is 0 Å². The molecule has 5 nitrogen and oxygen atoms in total. The Labute approximate surface area is 123 Å². The third kappa shape index (κ3) is 3.48. The minimum atomic E-state index is -0.997. The molecule has 0 atom stereocenters. The normalized spacial score (nSPS) is 17.9. The van der Waals surface area contributed by atoms with E-state index in [1.165, 1.54) is 11.0 Å². The number of rotatable bonds is 4. The summed E-state index contributed by atoms with van der Waals surface area (Å²) >= 11 is 0. The number of imide groups is 1. The highest BCUT2D eigenvalue weighted by Crippen LogP contribution is 2.31. The molecule has 112 valence electrons. The lowest BCUT2D eigenvalue weighted by Gasteiger charge is -2.34. The van der Waals surface area contributed by atoms with Crippen molar-refractivity contribution in [2.24, 2.45) is 5.41 Å². The summed E-state index contributed by atoms with van der Waals surface area (Å²) in [5, 5.41) is 9.13. The number of carboxylic acid groups (broad SMARTS) is 1. The van der Waals surface area contributed by atoms with Crippen molar-refractivity contribution in [1.82, 2.24) is 4.90 Å². The monoisotopic (exact) mass is 289 g/mol. The molecular formula is C16H19NO4. The van der Waals surface area contributed by atoms with Gasteiger partial charge in [-0.1, -0.05) is 32.0 Å². The van der Waals surface area contributed by atoms with E-state index >= 15 is 0 Å². The zero-order valence-electron chi connectivity index (χ0n) is 12.3. The maximum atomic E-state index is 12.0. The van der Waals surface area contributed by atoms with Crippen LogP contribution < -0.4 is 0 Å². The molecule has 1 aliphatic rings. The molecule has 21 heavy (non-hydrogen) atoms. The van der Waals surface area contributed by atoms with E-state index in [-0.39, 0.29) is 29.3 Å². The molecule has 2 rings (SSSR count). The van der Waals surface area contributed by atoms with Gasteiger partial charge in [0.15, 0.2) is 0 Å². The first-order chi connectivity index (χ1) is 9.80. The molecule has 1 heterocycles. The van der Waals surface area contributed by atoms with Gasteiger partial charge in [0.25, 0.3) is 0 Å². The fraction of sp³-hybridized carbons (Fsp3) is 0.438. The summed E-state index contributed by atoms with van der Waals surface area (Å²) in [7, 11) is 0. The van der Waals surface area contributed by atoms with Crippen molar-refractivity contribution >= 4 is 17.8 Å². The fourth-order valence-electron chi connectivity index (χ4n) is 2.64. The Kier molecular flexibility index (Phi) is 4.11. The highest BCUT2D eigenvalue weighted by molar-refractivity contribution is 5.98. The molecule has 0 radical (unpaired) electrons. The van der Waals surface area contributed by atoms with Crippen molar-refractivity contribution in [2.75, 3.05) is 6.54 Å². The lowest BCUT2D eigenvalue weighted by atomic mass is 9.81. The van der Waals surface area contributed by atoms with Gasteiger partial charge in [-0.3, -0.25) is 14.5 Å². The number of amides is 2. The second kappa shape index (κ2) is 5.68. The number of likely N-dealkylation sites (tertiary alicyclic amines) is 1. The van der Waals surface area contributed by atoms with Gasteiger partial charge < -0.3 is 5.11 Å². The highest BCUT2D eigenvalue weighted by atomic mass is 16.4. The van der Waals surface area contributed by atoms with Crippen molar-refractivity contribution in [3.8, 4) is 0 Å². The molecule has 1 fully saturated rings. The Morgan fingerprint density at radius 1 is 1.19 bits per heavy atom. The average molecular weight is 289 g/mol. The van der Waals surface area contributed by atoms with E-state index in [0.717, 1.165) is 0 Å². The third-order valence-electron chi connectivity index (χ3n) is 3.71. The first kappa shape index (κ1) is 15.2. The van der Waals surface area contributed by atoms with Gasteiger partial charge >= 0.3 is 5.97 Å². The van der Waals surface area contributed by atoms with Crippen molar-refractivity contribution < 1.29 is 19.5 Å². The molecule has 2 amide bonds. The molecule has 1 saturated heterocycles. The molecule has 0 spiro atoms. The van der Waals surface area contributed by atoms with Crippen LogP contribution in [0.2, 0.25) is 0 Å². The third-order valence-corrected chi connectivity index (χ3v) is 3.71. The predicted molar refractivity (Wildman–Crippen MR) is 76.8 cm³/mol. The second-order valence-electron chi connectivity index (χ2n) is 6.17. The SMILES string of the molecule is CC1(C)CC(=O)N(CCc2ccccc2C(=O)O)C(=O)C1. The molecule has 0 unspecified atom stereocenters. The highest BCUT2D eigenvalue weighted by Gasteiger charge is 2.37. The van der Waals surface area contributed by atoms with Gasteiger partial charge in [-0.2, -0.15) is 0 Å². The summed E-state index contributed by atoms with van der Waals surface area (Å²) in [5.74, 6) is -1.35. The number of hydrogen-bond donors (Lipinski definition) is 1. The Hall–Kier alpha value is -2.17. The van der Waals surface area contributed by atoms with Gasteiger partial charge in [-0.25, -0.2) is 4.79 Å². The predicted octanol–water partition coefficient (Wildman–Crippen LogP) is 2.10. The summed E-state index contributed by atoms with van der Waals surface area (Å²) in [6.45, 7) is 4.04. The Balaban J connectivity index is 2.09. The molecule has 1 aliphatic heterocycles. The minimum Gasteiger partial charge on any atom is -0.478 e. The molecule has 0 bridgehead atoms. The molecule has 0 aliphatic carbocycles. The van der Waals surface area contributed by atoms with Crippen LogP contribution in [0, 0.1) is 5.41 Å². The Bertz CT molecular complexity index is 572. The molecular weight excluding hydrogens is 270 g/mol. The van der Waals surface area contributed by atoms with Gasteiger partial charge in [-0.05, 0) is 23.5 Å². The van der Waals surface area contributed by atoms with Gasteiger partial charge in [0.2, 0.25) is 11.8 Å². The first-order valence-corrected chi connectivity index (χ1v) is 6.94. The number of piperidine rings is 1. The van der Waals surface area contributed by atoms with Crippen molar-refractivity contribution in [3.63, 3.8) is 0 Å². The van der Waals surface area contributed by atoms with Crippen LogP contribution in [0.1, 0.15) is 42.6 Å². The topological polar surface area (TPSA) is 74.7 Å². The molecule has 1 N–H and O–H groups in total. The van der Waals surface area contributed by atoms with Gasteiger partial charge in [-0.15, -0.1) is 0 Å². The van der Waals surface area contributed by atoms with Crippen LogP contribution in [-0.2, 0) is 16.0 Å². The number of hydrogen-bond acceptors (Lipinski definition) is 3. The number of nitrogens with zero attached hydrogens (tertiary/aromatic N) is 1. The summed E-state index contributed by atoms with van der Waals surface area (Å²) in [4.78, 5) is 36.5. The second-order valence-corrected chi connectivity index (χ2v) is 6.17. The number of aromatic carboxylic acids is 1. The largest absolute Gasteiger partial charge is 0.478 e. The lowest BCUT2D eigenvalue weighted by Crippen LogP contribution is -2.46. The van der Waals surface area contributed by atoms with E-state index in [1.807, 2.05) is 13.8 Å². The van der Waals surface area contributed by atoms with Crippen LogP contribution in [0.25, 0.3) is 0 Å². The first-order valence-electron chi connectivity index (χ1n) is 6.94. The van der Waals surface area contributed by atoms with Crippen LogP contribution in [0.5, 0.6) is 0 Å². The molecule has 1 aromatic rings. The van der Waals surface area contributed by atoms with Gasteiger partial charge in [0, 0.05) is 19.4 Å². The van der Waals surface area contributed by atoms with Crippen LogP contribution in [0.4, 0.5) is 0 Å². The standard InChI is InChI=1S/C16H19NO4/c1-16(2)9-13(18)17(14(19)10-16)8-7-11-5-3-4-6-12(11)15(20)21/h3-6H,7-10H2,1-2H3,(H,20,21). The molecule has 0 saturated carbocycles. The van der Waals surface area contributed by atoms with Crippen molar-refractivity contribution in [1.29, 1.82) is 0 Å². The zero-order valence-corrected chi connectivity index (χ0v) is 12.3. The van der Waals surface area contributed by atoms with E-state index < -0.39 is 5.97 Å². The number of carboxylic acids is 1. The van der Waals surface area contributed by atoms with Crippen LogP contribution in [0.3, 0.4) is 0 Å². The van der Waals surface area contributed by atoms with E-state index in [9.17, 15) is 14.4 Å². The number of benzene rings is 1. The minimum absolute atomic E-state index is 0.177. The zero-order chi connectivity index (χ0) is 15.6. The smallest absolute Gasteiger partial charge is 0.335 e. The quantitative estimate of drug-likeness (QED) is 0.861. The van der Waals surface area contributed by atoms with Crippen molar-refractivity contribution in [3.05, 3.63) is 35.4 Å². The van der Waals surface area contributed by atoms with E-state index in [4.69, 9.17) is 5.11 Å². The van der Waals surface area contributed by atoms with E-state index in [0.29, 0.717) is 24.8 Å². The Morgan fingerprint density at radius 2 is 1.76 bits per heavy atom. The van der Waals surface area contributed by atoms with Crippen LogP contribution in [0.15, 0.2) is 24.3 Å². The maximum Gasteiger partial charge on any atom is 0.335 e. The molecule has 5 heteroatoms. The van der Waals surface area contributed by atoms with E-state index in [2.05, 4.69) is 0 Å². The van der Waals surface area contributed by atoms with Gasteiger partial charge in [0.05, 0.1) is 5.56 Å². The fourth-order valence-corrected chi connectivity index (χ4v) is 2.64.